The van der Waals surface area contributed by atoms with Crippen LogP contribution >= 0.6 is 11.3 Å². The van der Waals surface area contributed by atoms with Gasteiger partial charge in [0.2, 0.25) is 0 Å². The van der Waals surface area contributed by atoms with Crippen LogP contribution < -0.4 is 0 Å². The lowest BCUT2D eigenvalue weighted by molar-refractivity contribution is -0.118. The Kier molecular flexibility index (Phi) is 5.27. The van der Waals surface area contributed by atoms with Crippen molar-refractivity contribution in [3.63, 3.8) is 0 Å². The van der Waals surface area contributed by atoms with Crippen LogP contribution in [0.2, 0.25) is 0 Å². The summed E-state index contributed by atoms with van der Waals surface area (Å²) >= 11 is 1.52. The first kappa shape index (κ1) is 14.3. The first-order valence-electron chi connectivity index (χ1n) is 5.56. The van der Waals surface area contributed by atoms with Gasteiger partial charge in [0.25, 0.3) is 0 Å². The fourth-order valence-corrected chi connectivity index (χ4v) is 2.90. The molecule has 0 aliphatic carbocycles. The number of hydrogen-bond acceptors (Lipinski definition) is 5. The summed E-state index contributed by atoms with van der Waals surface area (Å²) < 4.78 is 22.4. The molecule has 0 unspecified atom stereocenters. The van der Waals surface area contributed by atoms with Crippen molar-refractivity contribution in [1.29, 1.82) is 0 Å². The molecule has 0 aliphatic rings. The van der Waals surface area contributed by atoms with Crippen molar-refractivity contribution in [1.82, 2.24) is 4.98 Å². The van der Waals surface area contributed by atoms with E-state index in [1.165, 1.54) is 11.3 Å². The minimum atomic E-state index is -2.95. The summed E-state index contributed by atoms with van der Waals surface area (Å²) in [5, 5.41) is 2.82. The molecule has 0 aliphatic heterocycles. The third kappa shape index (κ3) is 5.41. The van der Waals surface area contributed by atoms with Gasteiger partial charge in [-0.05, 0) is 13.3 Å². The summed E-state index contributed by atoms with van der Waals surface area (Å²) in [7, 11) is -2.95. The van der Waals surface area contributed by atoms with Gasteiger partial charge in [0, 0.05) is 24.0 Å². The highest BCUT2D eigenvalue weighted by Gasteiger charge is 2.10. The van der Waals surface area contributed by atoms with E-state index in [9.17, 15) is 13.2 Å². The molecule has 0 aromatic carbocycles. The lowest BCUT2D eigenvalue weighted by Gasteiger charge is -2.00. The molecule has 1 aromatic rings. The van der Waals surface area contributed by atoms with Crippen molar-refractivity contribution in [3.8, 4) is 0 Å². The Bertz CT molecular complexity index is 477. The maximum atomic E-state index is 11.6. The van der Waals surface area contributed by atoms with Gasteiger partial charge in [-0.15, -0.1) is 11.3 Å². The summed E-state index contributed by atoms with van der Waals surface area (Å²) in [6.45, 7) is 3.52. The number of carbonyl (C=O) groups excluding carboxylic acids is 1. The molecule has 1 heterocycles. The largest absolute Gasteiger partial charge is 0.299 e. The lowest BCUT2D eigenvalue weighted by Crippen LogP contribution is -2.11. The number of hydrogen-bond donors (Lipinski definition) is 0. The van der Waals surface area contributed by atoms with Crippen LogP contribution in [0, 0.1) is 6.92 Å². The van der Waals surface area contributed by atoms with Gasteiger partial charge < -0.3 is 0 Å². The number of ketones is 1. The van der Waals surface area contributed by atoms with Crippen LogP contribution in [-0.2, 0) is 21.1 Å². The van der Waals surface area contributed by atoms with Crippen LogP contribution in [0.5, 0.6) is 0 Å². The van der Waals surface area contributed by atoms with E-state index < -0.39 is 9.84 Å². The number of rotatable bonds is 7. The SMILES string of the molecule is CCS(=O)(=O)CCCC(=O)Cc1csc(C)n1. The fraction of sp³-hybridized carbons (Fsp3) is 0.636. The summed E-state index contributed by atoms with van der Waals surface area (Å²) in [5.41, 5.74) is 0.788. The minimum Gasteiger partial charge on any atom is -0.299 e. The normalized spacial score (nSPS) is 11.6. The van der Waals surface area contributed by atoms with Crippen molar-refractivity contribution in [3.05, 3.63) is 16.1 Å². The molecule has 0 saturated carbocycles. The Balaban J connectivity index is 2.31. The molecular formula is C11H17NO3S2. The van der Waals surface area contributed by atoms with Gasteiger partial charge in [-0.1, -0.05) is 6.92 Å². The Hall–Kier alpha value is -0.750. The standard InChI is InChI=1S/C11H17NO3S2/c1-3-17(14,15)6-4-5-11(13)7-10-8-16-9(2)12-10/h8H,3-7H2,1-2H3. The minimum absolute atomic E-state index is 0.0570. The molecule has 96 valence electrons. The van der Waals surface area contributed by atoms with Crippen molar-refractivity contribution in [2.45, 2.75) is 33.1 Å². The van der Waals surface area contributed by atoms with E-state index in [0.29, 0.717) is 19.3 Å². The van der Waals surface area contributed by atoms with Gasteiger partial charge in [0.05, 0.1) is 16.5 Å². The second kappa shape index (κ2) is 6.26. The fourth-order valence-electron chi connectivity index (χ4n) is 1.41. The van der Waals surface area contributed by atoms with E-state index in [1.807, 2.05) is 12.3 Å². The average Bonchev–Trinajstić information content (AvgIpc) is 2.63. The molecule has 6 heteroatoms. The number of nitrogens with zero attached hydrogens (tertiary/aromatic N) is 1. The molecule has 0 amide bonds. The molecule has 0 bridgehead atoms. The van der Waals surface area contributed by atoms with Crippen molar-refractivity contribution < 1.29 is 13.2 Å². The molecule has 17 heavy (non-hydrogen) atoms. The Labute approximate surface area is 106 Å². The van der Waals surface area contributed by atoms with Crippen LogP contribution in [0.15, 0.2) is 5.38 Å². The molecule has 0 atom stereocenters. The van der Waals surface area contributed by atoms with Crippen LogP contribution in [0.25, 0.3) is 0 Å². The third-order valence-corrected chi connectivity index (χ3v) is 5.01. The highest BCUT2D eigenvalue weighted by Crippen LogP contribution is 2.10. The predicted octanol–water partition coefficient (Wildman–Crippen LogP) is 1.78. The van der Waals surface area contributed by atoms with Crippen molar-refractivity contribution >= 4 is 27.0 Å². The molecule has 0 saturated heterocycles. The molecule has 0 spiro atoms. The van der Waals surface area contributed by atoms with E-state index >= 15 is 0 Å². The van der Waals surface area contributed by atoms with Crippen molar-refractivity contribution in [2.75, 3.05) is 11.5 Å². The van der Waals surface area contributed by atoms with Crippen LogP contribution in [0.4, 0.5) is 0 Å². The van der Waals surface area contributed by atoms with Gasteiger partial charge in [-0.3, -0.25) is 4.79 Å². The van der Waals surface area contributed by atoms with E-state index in [0.717, 1.165) is 10.7 Å². The monoisotopic (exact) mass is 275 g/mol. The molecule has 4 nitrogen and oxygen atoms in total. The Morgan fingerprint density at radius 3 is 2.71 bits per heavy atom. The van der Waals surface area contributed by atoms with E-state index in [-0.39, 0.29) is 17.3 Å². The average molecular weight is 275 g/mol. The summed E-state index contributed by atoms with van der Waals surface area (Å²) in [6.07, 6.45) is 1.05. The zero-order valence-corrected chi connectivity index (χ0v) is 11.7. The number of thiazole rings is 1. The van der Waals surface area contributed by atoms with Crippen LogP contribution in [-0.4, -0.2) is 30.7 Å². The highest BCUT2D eigenvalue weighted by molar-refractivity contribution is 7.91. The highest BCUT2D eigenvalue weighted by atomic mass is 32.2. The van der Waals surface area contributed by atoms with Gasteiger partial charge in [0.15, 0.2) is 0 Å². The number of aromatic nitrogens is 1. The second-order valence-electron chi connectivity index (χ2n) is 3.91. The predicted molar refractivity (Wildman–Crippen MR) is 69.1 cm³/mol. The molecular weight excluding hydrogens is 258 g/mol. The molecule has 0 radical (unpaired) electrons. The Morgan fingerprint density at radius 2 is 2.18 bits per heavy atom. The zero-order valence-electron chi connectivity index (χ0n) is 10.1. The summed E-state index contributed by atoms with van der Waals surface area (Å²) in [5.74, 6) is 0.305. The second-order valence-corrected chi connectivity index (χ2v) is 7.45. The topological polar surface area (TPSA) is 64.1 Å². The number of aryl methyl sites for hydroxylation is 1. The molecule has 1 rings (SSSR count). The van der Waals surface area contributed by atoms with Crippen molar-refractivity contribution in [2.24, 2.45) is 0 Å². The molecule has 0 N–H and O–H groups in total. The van der Waals surface area contributed by atoms with E-state index in [1.54, 1.807) is 6.92 Å². The summed E-state index contributed by atoms with van der Waals surface area (Å²) in [4.78, 5) is 15.8. The Morgan fingerprint density at radius 1 is 1.47 bits per heavy atom. The maximum Gasteiger partial charge on any atom is 0.150 e. The number of carbonyl (C=O) groups is 1. The number of sulfone groups is 1. The van der Waals surface area contributed by atoms with Gasteiger partial charge in [0.1, 0.15) is 15.6 Å². The first-order valence-corrected chi connectivity index (χ1v) is 8.26. The maximum absolute atomic E-state index is 11.6. The quantitative estimate of drug-likeness (QED) is 0.761. The van der Waals surface area contributed by atoms with Crippen LogP contribution in [0.1, 0.15) is 30.5 Å². The van der Waals surface area contributed by atoms with E-state index in [2.05, 4.69) is 4.98 Å². The smallest absolute Gasteiger partial charge is 0.150 e. The third-order valence-electron chi connectivity index (χ3n) is 2.40. The van der Waals surface area contributed by atoms with Gasteiger partial charge in [-0.25, -0.2) is 13.4 Å². The summed E-state index contributed by atoms with van der Waals surface area (Å²) in [6, 6.07) is 0. The van der Waals surface area contributed by atoms with Crippen LogP contribution in [0.3, 0.4) is 0 Å². The zero-order chi connectivity index (χ0) is 12.9. The van der Waals surface area contributed by atoms with Gasteiger partial charge in [-0.2, -0.15) is 0 Å². The lowest BCUT2D eigenvalue weighted by atomic mass is 10.1. The molecule has 1 aromatic heterocycles. The number of Topliss-reactive ketones (excluding diaryl/α,β-unsaturated/α-hetero) is 1. The molecule has 0 fully saturated rings. The van der Waals surface area contributed by atoms with Gasteiger partial charge >= 0.3 is 0 Å². The first-order chi connectivity index (χ1) is 7.93. The van der Waals surface area contributed by atoms with E-state index in [4.69, 9.17) is 0 Å².